The summed E-state index contributed by atoms with van der Waals surface area (Å²) in [6.07, 6.45) is 6.89. The van der Waals surface area contributed by atoms with Crippen molar-refractivity contribution in [2.24, 2.45) is 11.8 Å². The Balaban J connectivity index is 1.17. The number of hydrogen-bond acceptors (Lipinski definition) is 7. The van der Waals surface area contributed by atoms with E-state index >= 15 is 0 Å². The normalized spacial score (nSPS) is 35.9. The number of carbonyl (C=O) groups excluding carboxylic acids is 1. The maximum Gasteiger partial charge on any atom is 0.410 e. The quantitative estimate of drug-likeness (QED) is 0.442. The van der Waals surface area contributed by atoms with Crippen LogP contribution >= 0.6 is 0 Å². The molecule has 1 saturated carbocycles. The first-order chi connectivity index (χ1) is 16.8. The van der Waals surface area contributed by atoms with Crippen LogP contribution in [0.25, 0.3) is 0 Å². The van der Waals surface area contributed by atoms with Crippen molar-refractivity contribution >= 4 is 11.9 Å². The fourth-order valence-electron chi connectivity index (χ4n) is 6.15. The lowest BCUT2D eigenvalue weighted by Gasteiger charge is -2.44. The molecule has 0 aromatic carbocycles. The average Bonchev–Trinajstić information content (AvgIpc) is 3.73. The Labute approximate surface area is 208 Å². The van der Waals surface area contributed by atoms with Crippen LogP contribution in [0, 0.1) is 11.8 Å². The van der Waals surface area contributed by atoms with Crippen LogP contribution in [0.15, 0.2) is 30.0 Å². The molecule has 35 heavy (non-hydrogen) atoms. The van der Waals surface area contributed by atoms with E-state index in [4.69, 9.17) is 18.9 Å². The summed E-state index contributed by atoms with van der Waals surface area (Å²) in [5.74, 6) is 1.33. The first-order valence-corrected chi connectivity index (χ1v) is 12.8. The molecule has 1 N–H and O–H groups in total. The predicted molar refractivity (Wildman–Crippen MR) is 132 cm³/mol. The van der Waals surface area contributed by atoms with E-state index in [-0.39, 0.29) is 41.5 Å². The van der Waals surface area contributed by atoms with Gasteiger partial charge in [0, 0.05) is 33.4 Å². The molecule has 1 aliphatic carbocycles. The van der Waals surface area contributed by atoms with Crippen molar-refractivity contribution in [3.8, 4) is 0 Å². The highest BCUT2D eigenvalue weighted by atomic mass is 16.6. The molecule has 4 aliphatic rings. The molecule has 1 spiro atoms. The number of amides is 1. The van der Waals surface area contributed by atoms with Crippen LogP contribution in [-0.4, -0.2) is 79.3 Å². The molecular weight excluding hydrogens is 446 g/mol. The number of aromatic nitrogens is 1. The van der Waals surface area contributed by atoms with Gasteiger partial charge in [-0.05, 0) is 64.0 Å². The van der Waals surface area contributed by atoms with Crippen molar-refractivity contribution in [3.63, 3.8) is 0 Å². The van der Waals surface area contributed by atoms with Crippen LogP contribution in [0.3, 0.4) is 0 Å². The van der Waals surface area contributed by atoms with Crippen LogP contribution in [0.5, 0.6) is 0 Å². The largest absolute Gasteiger partial charge is 0.443 e. The van der Waals surface area contributed by atoms with Gasteiger partial charge < -0.3 is 29.2 Å². The van der Waals surface area contributed by atoms with Crippen LogP contribution in [0.2, 0.25) is 0 Å². The second-order valence-electron chi connectivity index (χ2n) is 11.1. The first kappa shape index (κ1) is 24.5. The molecule has 8 nitrogen and oxygen atoms in total. The minimum atomic E-state index is -0.326. The van der Waals surface area contributed by atoms with Gasteiger partial charge in [0.2, 0.25) is 0 Å². The molecule has 6 atom stereocenters. The van der Waals surface area contributed by atoms with Gasteiger partial charge in [0.25, 0.3) is 0 Å². The van der Waals surface area contributed by atoms with Crippen LogP contribution in [-0.2, 0) is 25.4 Å². The number of rotatable bonds is 8. The maximum atomic E-state index is 13.0. The van der Waals surface area contributed by atoms with Gasteiger partial charge in [0.15, 0.2) is 0 Å². The van der Waals surface area contributed by atoms with Crippen molar-refractivity contribution in [1.82, 2.24) is 9.88 Å². The van der Waals surface area contributed by atoms with E-state index in [1.54, 1.807) is 12.0 Å². The molecule has 0 bridgehead atoms. The minimum absolute atomic E-state index is 0.0410. The lowest BCUT2D eigenvalue weighted by atomic mass is 9.68. The molecule has 1 aromatic heterocycles. The number of carbonyl (C=O) groups is 1. The third-order valence-electron chi connectivity index (χ3n) is 8.31. The summed E-state index contributed by atoms with van der Waals surface area (Å²) >= 11 is 0. The monoisotopic (exact) mass is 485 g/mol. The fraction of sp³-hybridized carbons (Fsp3) is 0.704. The zero-order valence-electron chi connectivity index (χ0n) is 21.6. The number of epoxide rings is 2. The molecule has 4 fully saturated rings. The van der Waals surface area contributed by atoms with Gasteiger partial charge in [-0.3, -0.25) is 0 Å². The Hall–Kier alpha value is -2.16. The molecule has 3 aliphatic heterocycles. The average molecular weight is 486 g/mol. The van der Waals surface area contributed by atoms with E-state index in [1.165, 1.54) is 11.1 Å². The molecule has 5 rings (SSSR count). The number of anilines is 1. The van der Waals surface area contributed by atoms with Gasteiger partial charge in [0.1, 0.15) is 29.2 Å². The van der Waals surface area contributed by atoms with Gasteiger partial charge >= 0.3 is 6.09 Å². The third kappa shape index (κ3) is 4.80. The summed E-state index contributed by atoms with van der Waals surface area (Å²) in [6, 6.07) is 4.07. The van der Waals surface area contributed by atoms with Crippen molar-refractivity contribution in [1.29, 1.82) is 0 Å². The second-order valence-corrected chi connectivity index (χ2v) is 11.1. The number of pyridine rings is 1. The standard InChI is InChI=1S/C27H39N3O5/c1-17(2)6-8-21-26(3,35-21)24-23(32-5)20(10-11-27(24)16-33-27)34-25(31)30-14-19(15-30)12-18-7-9-22(28-4)29-13-18/h6-7,9,13,19-21,23-24H,8,10-12,14-16H2,1-5H3,(H,28,29)/t20?,21-,23?,24?,26+,27?/m1/s1. The number of nitrogens with zero attached hydrogens (tertiary/aromatic N) is 2. The van der Waals surface area contributed by atoms with E-state index in [2.05, 4.69) is 43.2 Å². The van der Waals surface area contributed by atoms with E-state index in [1.807, 2.05) is 19.3 Å². The van der Waals surface area contributed by atoms with Gasteiger partial charge in [0.05, 0.1) is 18.6 Å². The summed E-state index contributed by atoms with van der Waals surface area (Å²) in [5, 5.41) is 3.03. The third-order valence-corrected chi connectivity index (χ3v) is 8.31. The molecule has 4 unspecified atom stereocenters. The maximum absolute atomic E-state index is 13.0. The Morgan fingerprint density at radius 2 is 2.11 bits per heavy atom. The smallest absolute Gasteiger partial charge is 0.410 e. The van der Waals surface area contributed by atoms with Crippen molar-refractivity contribution in [2.45, 2.75) is 76.0 Å². The van der Waals surface area contributed by atoms with Crippen LogP contribution < -0.4 is 5.32 Å². The number of hydrogen-bond donors (Lipinski definition) is 1. The first-order valence-electron chi connectivity index (χ1n) is 12.8. The Morgan fingerprint density at radius 1 is 1.34 bits per heavy atom. The molecule has 1 aromatic rings. The van der Waals surface area contributed by atoms with E-state index < -0.39 is 0 Å². The van der Waals surface area contributed by atoms with Crippen molar-refractivity contribution in [3.05, 3.63) is 35.5 Å². The summed E-state index contributed by atoms with van der Waals surface area (Å²) < 4.78 is 24.3. The van der Waals surface area contributed by atoms with Gasteiger partial charge in [-0.25, -0.2) is 9.78 Å². The van der Waals surface area contributed by atoms with E-state index in [0.717, 1.165) is 38.1 Å². The number of likely N-dealkylation sites (tertiary alicyclic amines) is 1. The topological polar surface area (TPSA) is 88.8 Å². The molecule has 1 amide bonds. The van der Waals surface area contributed by atoms with Crippen molar-refractivity contribution in [2.75, 3.05) is 39.2 Å². The number of ether oxygens (including phenoxy) is 4. The Bertz CT molecular complexity index is 952. The predicted octanol–water partition coefficient (Wildman–Crippen LogP) is 3.81. The second kappa shape index (κ2) is 9.37. The van der Waals surface area contributed by atoms with E-state index in [0.29, 0.717) is 19.0 Å². The van der Waals surface area contributed by atoms with E-state index in [9.17, 15) is 4.79 Å². The fourth-order valence-corrected chi connectivity index (χ4v) is 6.15. The SMILES string of the molecule is CNc1ccc(CC2CN(C(=O)OC3CCC4(CO4)C([C@@]4(C)O[C@@H]4CC=C(C)C)C3OC)C2)cn1. The number of nitrogens with one attached hydrogen (secondary N) is 1. The molecule has 3 saturated heterocycles. The molecule has 192 valence electrons. The highest BCUT2D eigenvalue weighted by Gasteiger charge is 2.72. The molecular formula is C27H39N3O5. The van der Waals surface area contributed by atoms with Crippen LogP contribution in [0.4, 0.5) is 10.6 Å². The molecule has 8 heteroatoms. The Morgan fingerprint density at radius 3 is 2.71 bits per heavy atom. The number of allylic oxidation sites excluding steroid dienone is 1. The summed E-state index contributed by atoms with van der Waals surface area (Å²) in [5.41, 5.74) is 1.94. The van der Waals surface area contributed by atoms with Crippen molar-refractivity contribution < 1.29 is 23.7 Å². The number of methoxy groups -OCH3 is 1. The summed E-state index contributed by atoms with van der Waals surface area (Å²) in [4.78, 5) is 19.2. The summed E-state index contributed by atoms with van der Waals surface area (Å²) in [7, 11) is 3.57. The van der Waals surface area contributed by atoms with Gasteiger partial charge in [-0.2, -0.15) is 0 Å². The highest BCUT2D eigenvalue weighted by Crippen LogP contribution is 2.59. The zero-order valence-corrected chi connectivity index (χ0v) is 21.6. The minimum Gasteiger partial charge on any atom is -0.443 e. The van der Waals surface area contributed by atoms with Crippen LogP contribution in [0.1, 0.15) is 45.6 Å². The lowest BCUT2D eigenvalue weighted by molar-refractivity contribution is -0.124. The summed E-state index contributed by atoms with van der Waals surface area (Å²) in [6.45, 7) is 8.52. The van der Waals surface area contributed by atoms with Gasteiger partial charge in [-0.1, -0.05) is 17.7 Å². The Kier molecular flexibility index (Phi) is 6.57. The lowest BCUT2D eigenvalue weighted by Crippen LogP contribution is -2.57. The molecule has 0 radical (unpaired) electrons. The van der Waals surface area contributed by atoms with Gasteiger partial charge in [-0.15, -0.1) is 0 Å². The highest BCUT2D eigenvalue weighted by molar-refractivity contribution is 5.69. The molecule has 4 heterocycles. The zero-order chi connectivity index (χ0) is 24.8.